The summed E-state index contributed by atoms with van der Waals surface area (Å²) in [5, 5.41) is 19.0. The number of alkyl halides is 3. The standard InChI is InChI=1S/C22H20F3NO4S2/c1-2-13-9-16(7-8-18(13)30-11-20(28)29)31-12-19-17(10-27)26-21(32-19)14-3-5-15(6-4-14)22(23,24)25/h3-9,27H,2,10-12H2,1H3,(H,28,29). The molecule has 0 atom stereocenters. The molecule has 5 nitrogen and oxygen atoms in total. The molecule has 32 heavy (non-hydrogen) atoms. The Bertz CT molecular complexity index is 1080. The molecule has 0 spiro atoms. The van der Waals surface area contributed by atoms with Crippen LogP contribution >= 0.6 is 23.1 Å². The number of thiazole rings is 1. The van der Waals surface area contributed by atoms with E-state index in [1.54, 1.807) is 6.07 Å². The quantitative estimate of drug-likeness (QED) is 0.384. The van der Waals surface area contributed by atoms with E-state index in [4.69, 9.17) is 9.84 Å². The first-order valence-corrected chi connectivity index (χ1v) is 11.4. The van der Waals surface area contributed by atoms with Gasteiger partial charge < -0.3 is 14.9 Å². The Morgan fingerprint density at radius 2 is 1.91 bits per heavy atom. The third kappa shape index (κ3) is 6.02. The predicted octanol–water partition coefficient (Wildman–Crippen LogP) is 5.64. The summed E-state index contributed by atoms with van der Waals surface area (Å²) < 4.78 is 43.6. The van der Waals surface area contributed by atoms with E-state index in [1.165, 1.54) is 35.2 Å². The van der Waals surface area contributed by atoms with Gasteiger partial charge in [0.15, 0.2) is 6.61 Å². The first-order chi connectivity index (χ1) is 15.2. The number of ether oxygens (including phenoxy) is 1. The molecule has 0 radical (unpaired) electrons. The Balaban J connectivity index is 1.74. The van der Waals surface area contributed by atoms with Gasteiger partial charge in [0.25, 0.3) is 0 Å². The average molecular weight is 484 g/mol. The van der Waals surface area contributed by atoms with Crippen LogP contribution in [0.25, 0.3) is 10.6 Å². The molecule has 10 heteroatoms. The van der Waals surface area contributed by atoms with E-state index in [0.29, 0.717) is 34.2 Å². The number of aryl methyl sites for hydroxylation is 1. The van der Waals surface area contributed by atoms with E-state index >= 15 is 0 Å². The van der Waals surface area contributed by atoms with Gasteiger partial charge in [0, 0.05) is 21.1 Å². The molecule has 170 valence electrons. The molecular formula is C22H20F3NO4S2. The lowest BCUT2D eigenvalue weighted by atomic mass is 10.1. The summed E-state index contributed by atoms with van der Waals surface area (Å²) in [6, 6.07) is 10.3. The van der Waals surface area contributed by atoms with Crippen molar-refractivity contribution in [3.63, 3.8) is 0 Å². The largest absolute Gasteiger partial charge is 0.482 e. The highest BCUT2D eigenvalue weighted by Gasteiger charge is 2.30. The van der Waals surface area contributed by atoms with E-state index in [-0.39, 0.29) is 6.61 Å². The summed E-state index contributed by atoms with van der Waals surface area (Å²) in [7, 11) is 0. The number of halogens is 3. The molecule has 0 fully saturated rings. The average Bonchev–Trinajstić information content (AvgIpc) is 3.19. The number of aliphatic hydroxyl groups is 1. The maximum atomic E-state index is 12.8. The van der Waals surface area contributed by atoms with E-state index in [0.717, 1.165) is 27.5 Å². The Morgan fingerprint density at radius 1 is 1.19 bits per heavy atom. The van der Waals surface area contributed by atoms with Gasteiger partial charge in [0.1, 0.15) is 10.8 Å². The topological polar surface area (TPSA) is 79.7 Å². The molecule has 0 saturated carbocycles. The summed E-state index contributed by atoms with van der Waals surface area (Å²) in [6.07, 6.45) is -3.73. The molecule has 3 rings (SSSR count). The van der Waals surface area contributed by atoms with Gasteiger partial charge in [-0.3, -0.25) is 0 Å². The highest BCUT2D eigenvalue weighted by Crippen LogP contribution is 2.36. The third-order valence-corrected chi connectivity index (χ3v) is 6.87. The molecule has 0 aliphatic carbocycles. The Morgan fingerprint density at radius 3 is 2.50 bits per heavy atom. The van der Waals surface area contributed by atoms with E-state index in [9.17, 15) is 23.1 Å². The SMILES string of the molecule is CCc1cc(SCc2sc(-c3ccc(C(F)(F)F)cc3)nc2CO)ccc1OCC(=O)O. The number of carboxylic acids is 1. The van der Waals surface area contributed by atoms with Crippen LogP contribution < -0.4 is 4.74 Å². The van der Waals surface area contributed by atoms with Crippen molar-refractivity contribution >= 4 is 29.1 Å². The minimum Gasteiger partial charge on any atom is -0.482 e. The number of carbonyl (C=O) groups is 1. The molecule has 0 aliphatic rings. The zero-order valence-corrected chi connectivity index (χ0v) is 18.6. The minimum absolute atomic E-state index is 0.269. The number of aliphatic carboxylic acids is 1. The number of benzene rings is 2. The number of hydrogen-bond acceptors (Lipinski definition) is 6. The van der Waals surface area contributed by atoms with Crippen molar-refractivity contribution in [1.82, 2.24) is 4.98 Å². The highest BCUT2D eigenvalue weighted by atomic mass is 32.2. The number of thioether (sulfide) groups is 1. The van der Waals surface area contributed by atoms with Crippen molar-refractivity contribution in [3.8, 4) is 16.3 Å². The lowest BCUT2D eigenvalue weighted by Crippen LogP contribution is -2.10. The molecule has 0 aliphatic heterocycles. The van der Waals surface area contributed by atoms with Crippen LogP contribution in [0.1, 0.15) is 28.6 Å². The Hall–Kier alpha value is -2.56. The molecule has 0 unspecified atom stereocenters. The first kappa shape index (κ1) is 24.1. The van der Waals surface area contributed by atoms with Crippen molar-refractivity contribution in [1.29, 1.82) is 0 Å². The minimum atomic E-state index is -4.40. The molecular weight excluding hydrogens is 463 g/mol. The van der Waals surface area contributed by atoms with Crippen molar-refractivity contribution in [2.24, 2.45) is 0 Å². The maximum absolute atomic E-state index is 12.8. The number of nitrogens with zero attached hydrogens (tertiary/aromatic N) is 1. The third-order valence-electron chi connectivity index (χ3n) is 4.52. The zero-order valence-electron chi connectivity index (χ0n) is 17.0. The Kier molecular flexibility index (Phi) is 7.81. The second kappa shape index (κ2) is 10.4. The number of carboxylic acid groups (broad SMARTS) is 1. The summed E-state index contributed by atoms with van der Waals surface area (Å²) in [5.41, 5.74) is 1.21. The first-order valence-electron chi connectivity index (χ1n) is 9.58. The number of hydrogen-bond donors (Lipinski definition) is 2. The summed E-state index contributed by atoms with van der Waals surface area (Å²) in [5.74, 6) is 0.000848. The highest BCUT2D eigenvalue weighted by molar-refractivity contribution is 7.98. The lowest BCUT2D eigenvalue weighted by Gasteiger charge is -2.10. The van der Waals surface area contributed by atoms with Crippen LogP contribution in [-0.4, -0.2) is 27.8 Å². The smallest absolute Gasteiger partial charge is 0.416 e. The van der Waals surface area contributed by atoms with Gasteiger partial charge in [0.2, 0.25) is 0 Å². The fraction of sp³-hybridized carbons (Fsp3) is 0.273. The lowest BCUT2D eigenvalue weighted by molar-refractivity contribution is -0.139. The van der Waals surface area contributed by atoms with Crippen LogP contribution in [0, 0.1) is 0 Å². The second-order valence-corrected chi connectivity index (χ2v) is 8.85. The zero-order chi connectivity index (χ0) is 23.3. The van der Waals surface area contributed by atoms with E-state index in [2.05, 4.69) is 4.98 Å². The molecule has 2 N–H and O–H groups in total. The van der Waals surface area contributed by atoms with Crippen molar-refractivity contribution in [3.05, 3.63) is 64.2 Å². The summed E-state index contributed by atoms with van der Waals surface area (Å²) in [4.78, 5) is 16.9. The van der Waals surface area contributed by atoms with Gasteiger partial charge in [-0.05, 0) is 42.3 Å². The van der Waals surface area contributed by atoms with Gasteiger partial charge in [-0.2, -0.15) is 13.2 Å². The monoisotopic (exact) mass is 483 g/mol. The number of aliphatic hydroxyl groups excluding tert-OH is 1. The summed E-state index contributed by atoms with van der Waals surface area (Å²) >= 11 is 2.85. The van der Waals surface area contributed by atoms with E-state index in [1.807, 2.05) is 19.1 Å². The number of aromatic nitrogens is 1. The number of rotatable bonds is 9. The maximum Gasteiger partial charge on any atom is 0.416 e. The van der Waals surface area contributed by atoms with Crippen LogP contribution in [0.4, 0.5) is 13.2 Å². The molecule has 3 aromatic rings. The van der Waals surface area contributed by atoms with Gasteiger partial charge in [0.05, 0.1) is 17.9 Å². The van der Waals surface area contributed by atoms with Crippen molar-refractivity contribution < 1.29 is 32.9 Å². The molecule has 1 aromatic heterocycles. The normalized spacial score (nSPS) is 11.5. The van der Waals surface area contributed by atoms with Crippen molar-refractivity contribution in [2.75, 3.05) is 6.61 Å². The Labute approximate surface area is 190 Å². The van der Waals surface area contributed by atoms with E-state index < -0.39 is 24.3 Å². The second-order valence-electron chi connectivity index (χ2n) is 6.72. The van der Waals surface area contributed by atoms with Gasteiger partial charge in [-0.15, -0.1) is 23.1 Å². The molecule has 0 amide bonds. The van der Waals surface area contributed by atoms with Crippen LogP contribution in [0.2, 0.25) is 0 Å². The van der Waals surface area contributed by atoms with Crippen LogP contribution in [0.3, 0.4) is 0 Å². The molecule has 0 bridgehead atoms. The fourth-order valence-electron chi connectivity index (χ4n) is 2.90. The van der Waals surface area contributed by atoms with Crippen molar-refractivity contribution in [2.45, 2.75) is 36.8 Å². The van der Waals surface area contributed by atoms with Crippen LogP contribution in [0.15, 0.2) is 47.4 Å². The van der Waals surface area contributed by atoms with Crippen LogP contribution in [-0.2, 0) is 29.8 Å². The molecule has 1 heterocycles. The van der Waals surface area contributed by atoms with Gasteiger partial charge in [-0.1, -0.05) is 19.1 Å². The summed E-state index contributed by atoms with van der Waals surface area (Å²) in [6.45, 7) is 1.27. The van der Waals surface area contributed by atoms with Gasteiger partial charge in [-0.25, -0.2) is 9.78 Å². The van der Waals surface area contributed by atoms with Gasteiger partial charge >= 0.3 is 12.1 Å². The molecule has 0 saturated heterocycles. The molecule has 2 aromatic carbocycles. The predicted molar refractivity (Wildman–Crippen MR) is 117 cm³/mol. The van der Waals surface area contributed by atoms with Crippen LogP contribution in [0.5, 0.6) is 5.75 Å². The fourth-order valence-corrected chi connectivity index (χ4v) is 5.03.